The molecule has 0 heterocycles. The lowest BCUT2D eigenvalue weighted by atomic mass is 10.3. The molecule has 0 bridgehead atoms. The van der Waals surface area contributed by atoms with Crippen LogP contribution in [0, 0.1) is 0 Å². The van der Waals surface area contributed by atoms with E-state index in [1.807, 2.05) is 13.8 Å². The molecule has 0 saturated heterocycles. The van der Waals surface area contributed by atoms with Gasteiger partial charge in [-0.3, -0.25) is 4.79 Å². The molecule has 0 aliphatic rings. The van der Waals surface area contributed by atoms with E-state index >= 15 is 0 Å². The summed E-state index contributed by atoms with van der Waals surface area (Å²) in [5.74, 6) is 0.538. The van der Waals surface area contributed by atoms with Gasteiger partial charge in [-0.1, -0.05) is 25.1 Å². The smallest absolute Gasteiger partial charge is 0.305 e. The van der Waals surface area contributed by atoms with E-state index in [1.54, 1.807) is 0 Å². The predicted octanol–water partition coefficient (Wildman–Crippen LogP) is 2.77. The largest absolute Gasteiger partial charge is 0.479 e. The van der Waals surface area contributed by atoms with Crippen LogP contribution in [0.3, 0.4) is 0 Å². The maximum atomic E-state index is 11.1. The first-order valence-electron chi connectivity index (χ1n) is 5.15. The molecular formula is C10H18O3S2. The molecule has 0 atom stereocenters. The first-order chi connectivity index (χ1) is 7.20. The number of thioether (sulfide) groups is 1. The van der Waals surface area contributed by atoms with E-state index in [2.05, 4.69) is 0 Å². The quantitative estimate of drug-likeness (QED) is 0.394. The van der Waals surface area contributed by atoms with Gasteiger partial charge in [0.15, 0.2) is 0 Å². The summed E-state index contributed by atoms with van der Waals surface area (Å²) in [6, 6.07) is 0. The molecule has 0 aliphatic heterocycles. The predicted molar refractivity (Wildman–Crippen MR) is 67.2 cm³/mol. The van der Waals surface area contributed by atoms with Crippen LogP contribution in [0.2, 0.25) is 0 Å². The molecule has 0 fully saturated rings. The molecule has 5 heteroatoms. The minimum Gasteiger partial charge on any atom is -0.479 e. The Hall–Kier alpha value is -0.290. The Morgan fingerprint density at radius 1 is 1.33 bits per heavy atom. The molecule has 0 aromatic carbocycles. The van der Waals surface area contributed by atoms with E-state index in [1.165, 1.54) is 11.8 Å². The van der Waals surface area contributed by atoms with Crippen molar-refractivity contribution in [1.82, 2.24) is 0 Å². The van der Waals surface area contributed by atoms with Gasteiger partial charge in [0.2, 0.25) is 4.38 Å². The summed E-state index contributed by atoms with van der Waals surface area (Å²) in [4.78, 5) is 11.1. The zero-order chi connectivity index (χ0) is 11.5. The standard InChI is InChI=1S/C10H18O3S2/c1-3-5-6-9(11)13-7-8-15-10(14)12-4-2/h3-8H2,1-2H3. The van der Waals surface area contributed by atoms with E-state index in [9.17, 15) is 4.79 Å². The molecule has 0 unspecified atom stereocenters. The zero-order valence-corrected chi connectivity index (χ0v) is 10.9. The molecular weight excluding hydrogens is 232 g/mol. The topological polar surface area (TPSA) is 35.5 Å². The molecule has 0 spiro atoms. The Bertz CT molecular complexity index is 195. The van der Waals surface area contributed by atoms with Crippen molar-refractivity contribution >= 4 is 34.3 Å². The summed E-state index contributed by atoms with van der Waals surface area (Å²) in [5.41, 5.74) is 0. The van der Waals surface area contributed by atoms with Crippen molar-refractivity contribution in [1.29, 1.82) is 0 Å². The fourth-order valence-corrected chi connectivity index (χ4v) is 1.74. The van der Waals surface area contributed by atoms with Crippen LogP contribution in [0.5, 0.6) is 0 Å². The van der Waals surface area contributed by atoms with Gasteiger partial charge in [0.1, 0.15) is 6.61 Å². The van der Waals surface area contributed by atoms with Crippen molar-refractivity contribution in [2.75, 3.05) is 19.0 Å². The molecule has 0 aromatic rings. The summed E-state index contributed by atoms with van der Waals surface area (Å²) in [6.07, 6.45) is 2.42. The van der Waals surface area contributed by atoms with Crippen LogP contribution >= 0.6 is 24.0 Å². The Labute approximate surface area is 101 Å². The molecule has 0 saturated carbocycles. The van der Waals surface area contributed by atoms with Crippen LogP contribution < -0.4 is 0 Å². The highest BCUT2D eigenvalue weighted by Crippen LogP contribution is 2.06. The average molecular weight is 250 g/mol. The average Bonchev–Trinajstić information content (AvgIpc) is 2.22. The van der Waals surface area contributed by atoms with Crippen molar-refractivity contribution in [3.8, 4) is 0 Å². The van der Waals surface area contributed by atoms with Gasteiger partial charge < -0.3 is 9.47 Å². The summed E-state index contributed by atoms with van der Waals surface area (Å²) < 4.78 is 10.6. The van der Waals surface area contributed by atoms with Gasteiger partial charge in [0.25, 0.3) is 0 Å². The number of hydrogen-bond donors (Lipinski definition) is 0. The number of carbonyl (C=O) groups excluding carboxylic acids is 1. The number of ether oxygens (including phenoxy) is 2. The summed E-state index contributed by atoms with van der Waals surface area (Å²) >= 11 is 6.30. The van der Waals surface area contributed by atoms with E-state index in [4.69, 9.17) is 21.7 Å². The maximum Gasteiger partial charge on any atom is 0.305 e. The molecule has 0 aliphatic carbocycles. The van der Waals surface area contributed by atoms with Gasteiger partial charge in [0, 0.05) is 12.2 Å². The van der Waals surface area contributed by atoms with Gasteiger partial charge >= 0.3 is 5.97 Å². The monoisotopic (exact) mass is 250 g/mol. The fraction of sp³-hybridized carbons (Fsp3) is 0.800. The van der Waals surface area contributed by atoms with E-state index in [0.29, 0.717) is 29.8 Å². The van der Waals surface area contributed by atoms with Crippen LogP contribution in [0.15, 0.2) is 0 Å². The van der Waals surface area contributed by atoms with Crippen LogP contribution in [-0.4, -0.2) is 29.3 Å². The van der Waals surface area contributed by atoms with E-state index in [-0.39, 0.29) is 5.97 Å². The maximum absolute atomic E-state index is 11.1. The fourth-order valence-electron chi connectivity index (χ4n) is 0.833. The van der Waals surface area contributed by atoms with Gasteiger partial charge in [-0.25, -0.2) is 0 Å². The first kappa shape index (κ1) is 14.7. The lowest BCUT2D eigenvalue weighted by Gasteiger charge is -2.05. The SMILES string of the molecule is CCCCC(=O)OCCSC(=S)OCC. The second-order valence-corrected chi connectivity index (χ2v) is 4.55. The molecule has 3 nitrogen and oxygen atoms in total. The van der Waals surface area contributed by atoms with Crippen LogP contribution in [0.25, 0.3) is 0 Å². The number of hydrogen-bond acceptors (Lipinski definition) is 5. The molecule has 15 heavy (non-hydrogen) atoms. The number of carbonyl (C=O) groups is 1. The van der Waals surface area contributed by atoms with Gasteiger partial charge in [0.05, 0.1) is 6.61 Å². The zero-order valence-electron chi connectivity index (χ0n) is 9.28. The number of esters is 1. The third-order valence-corrected chi connectivity index (χ3v) is 2.76. The molecule has 88 valence electrons. The number of rotatable bonds is 7. The highest BCUT2D eigenvalue weighted by Gasteiger charge is 2.02. The summed E-state index contributed by atoms with van der Waals surface area (Å²) in [7, 11) is 0. The van der Waals surface area contributed by atoms with Crippen molar-refractivity contribution in [2.24, 2.45) is 0 Å². The Morgan fingerprint density at radius 2 is 2.07 bits per heavy atom. The molecule has 0 radical (unpaired) electrons. The Morgan fingerprint density at radius 3 is 2.67 bits per heavy atom. The highest BCUT2D eigenvalue weighted by atomic mass is 32.2. The normalized spacial score (nSPS) is 9.73. The molecule has 0 rings (SSSR count). The van der Waals surface area contributed by atoms with Gasteiger partial charge in [-0.05, 0) is 25.6 Å². The van der Waals surface area contributed by atoms with E-state index < -0.39 is 0 Å². The molecule has 0 N–H and O–H groups in total. The second kappa shape index (κ2) is 10.2. The van der Waals surface area contributed by atoms with Gasteiger partial charge in [-0.2, -0.15) is 0 Å². The number of unbranched alkanes of at least 4 members (excludes halogenated alkanes) is 1. The van der Waals surface area contributed by atoms with Crippen LogP contribution in [-0.2, 0) is 14.3 Å². The van der Waals surface area contributed by atoms with Crippen LogP contribution in [0.4, 0.5) is 0 Å². The summed E-state index contributed by atoms with van der Waals surface area (Å²) in [6.45, 7) is 4.92. The van der Waals surface area contributed by atoms with Crippen molar-refractivity contribution in [2.45, 2.75) is 33.1 Å². The third-order valence-electron chi connectivity index (χ3n) is 1.56. The lowest BCUT2D eigenvalue weighted by molar-refractivity contribution is -0.143. The number of thiocarbonyl (C=S) groups is 1. The minimum absolute atomic E-state index is 0.125. The lowest BCUT2D eigenvalue weighted by Crippen LogP contribution is -2.08. The van der Waals surface area contributed by atoms with Crippen molar-refractivity contribution < 1.29 is 14.3 Å². The minimum atomic E-state index is -0.125. The Balaban J connectivity index is 3.30. The highest BCUT2D eigenvalue weighted by molar-refractivity contribution is 8.22. The molecule has 0 aromatic heterocycles. The van der Waals surface area contributed by atoms with Crippen molar-refractivity contribution in [3.05, 3.63) is 0 Å². The molecule has 0 amide bonds. The summed E-state index contributed by atoms with van der Waals surface area (Å²) in [5, 5.41) is 0. The third kappa shape index (κ3) is 10.0. The van der Waals surface area contributed by atoms with Crippen molar-refractivity contribution in [3.63, 3.8) is 0 Å². The second-order valence-electron chi connectivity index (χ2n) is 2.86. The van der Waals surface area contributed by atoms with E-state index in [0.717, 1.165) is 12.8 Å². The van der Waals surface area contributed by atoms with Gasteiger partial charge in [-0.15, -0.1) is 0 Å². The Kier molecular flexibility index (Phi) is 10.0. The van der Waals surface area contributed by atoms with Crippen LogP contribution in [0.1, 0.15) is 33.1 Å². The first-order valence-corrected chi connectivity index (χ1v) is 6.55.